The van der Waals surface area contributed by atoms with Crippen LogP contribution in [0, 0.1) is 18.3 Å². The molecule has 0 aliphatic rings. The van der Waals surface area contributed by atoms with Gasteiger partial charge in [-0.05, 0) is 31.2 Å². The summed E-state index contributed by atoms with van der Waals surface area (Å²) >= 11 is 4.11. The van der Waals surface area contributed by atoms with E-state index in [-0.39, 0.29) is 17.1 Å². The van der Waals surface area contributed by atoms with Crippen molar-refractivity contribution in [3.63, 3.8) is 0 Å². The van der Waals surface area contributed by atoms with Gasteiger partial charge in [0, 0.05) is 5.69 Å². The SMILES string of the molecule is Cc1ccc(Nc2nnc(SC/C(O)=C(\C#N)c3nc4ccccc4s3)s2)cc1. The fourth-order valence-corrected chi connectivity index (χ4v) is 5.13. The summed E-state index contributed by atoms with van der Waals surface area (Å²) in [4.78, 5) is 4.45. The number of para-hydroxylation sites is 1. The van der Waals surface area contributed by atoms with Gasteiger partial charge in [-0.3, -0.25) is 0 Å². The number of hydrogen-bond donors (Lipinski definition) is 2. The van der Waals surface area contributed by atoms with Gasteiger partial charge in [0.2, 0.25) is 5.13 Å². The molecule has 2 aromatic heterocycles. The summed E-state index contributed by atoms with van der Waals surface area (Å²) in [6.45, 7) is 2.04. The first-order valence-corrected chi connectivity index (χ1v) is 11.2. The number of anilines is 2. The second-order valence-corrected chi connectivity index (χ2v) is 9.30. The van der Waals surface area contributed by atoms with Crippen LogP contribution in [0.1, 0.15) is 10.6 Å². The average Bonchev–Trinajstić information content (AvgIpc) is 3.35. The summed E-state index contributed by atoms with van der Waals surface area (Å²) in [6.07, 6.45) is 0. The molecule has 0 unspecified atom stereocenters. The number of nitrogens with one attached hydrogen (secondary N) is 1. The molecule has 2 aromatic carbocycles. The molecular weight excluding hydrogens is 422 g/mol. The summed E-state index contributed by atoms with van der Waals surface area (Å²) in [7, 11) is 0. The third kappa shape index (κ3) is 4.56. The summed E-state index contributed by atoms with van der Waals surface area (Å²) in [5.41, 5.74) is 3.14. The molecular formula is C20H15N5OS3. The zero-order chi connectivity index (χ0) is 20.2. The maximum absolute atomic E-state index is 10.5. The van der Waals surface area contributed by atoms with Gasteiger partial charge in [-0.25, -0.2) is 4.98 Å². The second-order valence-electron chi connectivity index (χ2n) is 6.07. The van der Waals surface area contributed by atoms with E-state index in [1.54, 1.807) is 0 Å². The quantitative estimate of drug-likeness (QED) is 0.224. The van der Waals surface area contributed by atoms with Crippen molar-refractivity contribution in [2.75, 3.05) is 11.1 Å². The van der Waals surface area contributed by atoms with Crippen molar-refractivity contribution in [2.24, 2.45) is 0 Å². The minimum atomic E-state index is -0.0141. The lowest BCUT2D eigenvalue weighted by Crippen LogP contribution is -1.92. The van der Waals surface area contributed by atoms with E-state index in [9.17, 15) is 10.4 Å². The number of allylic oxidation sites excluding steroid dienone is 1. The lowest BCUT2D eigenvalue weighted by molar-refractivity contribution is 0.421. The van der Waals surface area contributed by atoms with Crippen LogP contribution in [0.3, 0.4) is 0 Å². The maximum Gasteiger partial charge on any atom is 0.210 e. The Morgan fingerprint density at radius 2 is 1.93 bits per heavy atom. The van der Waals surface area contributed by atoms with Gasteiger partial charge in [0.25, 0.3) is 0 Å². The average molecular weight is 438 g/mol. The minimum absolute atomic E-state index is 0.0141. The molecule has 9 heteroatoms. The van der Waals surface area contributed by atoms with Gasteiger partial charge in [0.05, 0.1) is 16.0 Å². The summed E-state index contributed by atoms with van der Waals surface area (Å²) in [5, 5.41) is 32.6. The molecule has 4 aromatic rings. The third-order valence-corrected chi connectivity index (χ3v) is 6.99. The Balaban J connectivity index is 1.45. The fourth-order valence-electron chi connectivity index (χ4n) is 2.50. The number of nitrogens with zero attached hydrogens (tertiary/aromatic N) is 4. The zero-order valence-electron chi connectivity index (χ0n) is 15.3. The molecule has 29 heavy (non-hydrogen) atoms. The van der Waals surface area contributed by atoms with Crippen LogP contribution in [0.15, 0.2) is 58.6 Å². The molecule has 0 saturated heterocycles. The maximum atomic E-state index is 10.5. The molecule has 0 aliphatic heterocycles. The molecule has 144 valence electrons. The number of benzene rings is 2. The predicted octanol–water partition coefficient (Wildman–Crippen LogP) is 5.78. The van der Waals surface area contributed by atoms with E-state index in [0.717, 1.165) is 15.9 Å². The summed E-state index contributed by atoms with van der Waals surface area (Å²) < 4.78 is 1.68. The van der Waals surface area contributed by atoms with Crippen molar-refractivity contribution in [1.29, 1.82) is 5.26 Å². The number of rotatable bonds is 6. The van der Waals surface area contributed by atoms with Crippen LogP contribution < -0.4 is 5.32 Å². The Kier molecular flexibility index (Phi) is 5.76. The van der Waals surface area contributed by atoms with Crippen LogP contribution in [0.4, 0.5) is 10.8 Å². The Bertz CT molecular complexity index is 1190. The van der Waals surface area contributed by atoms with Crippen LogP contribution >= 0.6 is 34.4 Å². The first-order valence-electron chi connectivity index (χ1n) is 8.60. The van der Waals surface area contributed by atoms with Gasteiger partial charge in [-0.15, -0.1) is 21.5 Å². The van der Waals surface area contributed by atoms with E-state index in [1.165, 1.54) is 40.0 Å². The van der Waals surface area contributed by atoms with Crippen molar-refractivity contribution in [1.82, 2.24) is 15.2 Å². The van der Waals surface area contributed by atoms with E-state index in [2.05, 4.69) is 26.6 Å². The Morgan fingerprint density at radius 1 is 1.14 bits per heavy atom. The summed E-state index contributed by atoms with van der Waals surface area (Å²) in [5.74, 6) is 0.206. The number of thioether (sulfide) groups is 1. The van der Waals surface area contributed by atoms with Crippen LogP contribution in [-0.2, 0) is 0 Å². The second kappa shape index (κ2) is 8.61. The Morgan fingerprint density at radius 3 is 2.69 bits per heavy atom. The number of nitriles is 1. The first kappa shape index (κ1) is 19.4. The van der Waals surface area contributed by atoms with Gasteiger partial charge in [-0.2, -0.15) is 5.26 Å². The van der Waals surface area contributed by atoms with Crippen molar-refractivity contribution in [3.8, 4) is 6.07 Å². The van der Waals surface area contributed by atoms with Gasteiger partial charge < -0.3 is 10.4 Å². The lowest BCUT2D eigenvalue weighted by Gasteiger charge is -2.01. The smallest absolute Gasteiger partial charge is 0.210 e. The molecule has 0 fully saturated rings. The van der Waals surface area contributed by atoms with E-state index < -0.39 is 0 Å². The van der Waals surface area contributed by atoms with Crippen LogP contribution in [0.2, 0.25) is 0 Å². The van der Waals surface area contributed by atoms with Crippen molar-refractivity contribution >= 4 is 61.0 Å². The Hall–Kier alpha value is -2.93. The molecule has 2 N–H and O–H groups in total. The van der Waals surface area contributed by atoms with Gasteiger partial charge in [0.1, 0.15) is 22.4 Å². The Labute approximate surface area is 179 Å². The summed E-state index contributed by atoms with van der Waals surface area (Å²) in [6, 6.07) is 17.7. The number of aryl methyl sites for hydroxylation is 1. The van der Waals surface area contributed by atoms with E-state index in [1.807, 2.05) is 55.5 Å². The molecule has 0 radical (unpaired) electrons. The largest absolute Gasteiger partial charge is 0.510 e. The number of aromatic nitrogens is 3. The van der Waals surface area contributed by atoms with E-state index >= 15 is 0 Å². The molecule has 0 amide bonds. The standard InChI is InChI=1S/C20H15N5OS3/c1-12-6-8-13(9-7-12)22-19-24-25-20(29-19)27-11-16(26)14(10-21)18-23-15-4-2-3-5-17(15)28-18/h2-9,26H,11H2,1H3,(H,22,24)/b16-14-. The highest BCUT2D eigenvalue weighted by Crippen LogP contribution is 2.32. The topological polar surface area (TPSA) is 94.7 Å². The van der Waals surface area contributed by atoms with Gasteiger partial charge >= 0.3 is 0 Å². The normalized spacial score (nSPS) is 11.9. The first-order chi connectivity index (χ1) is 14.1. The molecule has 0 aliphatic carbocycles. The van der Waals surface area contributed by atoms with Crippen molar-refractivity contribution in [2.45, 2.75) is 11.3 Å². The van der Waals surface area contributed by atoms with Gasteiger partial charge in [-0.1, -0.05) is 52.9 Å². The molecule has 0 atom stereocenters. The minimum Gasteiger partial charge on any atom is -0.510 e. The molecule has 0 spiro atoms. The predicted molar refractivity (Wildman–Crippen MR) is 120 cm³/mol. The molecule has 6 nitrogen and oxygen atoms in total. The molecule has 4 rings (SSSR count). The number of aliphatic hydroxyl groups excluding tert-OH is 1. The van der Waals surface area contributed by atoms with Crippen molar-refractivity contribution < 1.29 is 5.11 Å². The van der Waals surface area contributed by atoms with Crippen LogP contribution in [0.25, 0.3) is 15.8 Å². The number of thiazole rings is 1. The number of fused-ring (bicyclic) bond motifs is 1. The fraction of sp³-hybridized carbons (Fsp3) is 0.100. The highest BCUT2D eigenvalue weighted by molar-refractivity contribution is 8.01. The number of aliphatic hydroxyl groups is 1. The number of hydrogen-bond acceptors (Lipinski definition) is 9. The highest BCUT2D eigenvalue weighted by Gasteiger charge is 2.15. The highest BCUT2D eigenvalue weighted by atomic mass is 32.2. The zero-order valence-corrected chi connectivity index (χ0v) is 17.7. The lowest BCUT2D eigenvalue weighted by atomic mass is 10.2. The van der Waals surface area contributed by atoms with Crippen LogP contribution in [-0.4, -0.2) is 26.0 Å². The third-order valence-electron chi connectivity index (χ3n) is 3.95. The molecule has 2 heterocycles. The van der Waals surface area contributed by atoms with E-state index in [4.69, 9.17) is 0 Å². The molecule has 0 saturated carbocycles. The molecule has 0 bridgehead atoms. The monoisotopic (exact) mass is 437 g/mol. The van der Waals surface area contributed by atoms with Gasteiger partial charge in [0.15, 0.2) is 4.34 Å². The van der Waals surface area contributed by atoms with Crippen molar-refractivity contribution in [3.05, 3.63) is 64.9 Å². The van der Waals surface area contributed by atoms with E-state index in [0.29, 0.717) is 14.5 Å². The van der Waals surface area contributed by atoms with Crippen LogP contribution in [0.5, 0.6) is 0 Å².